The molecule has 5 aromatic rings. The van der Waals surface area contributed by atoms with E-state index in [4.69, 9.17) is 11.6 Å². The van der Waals surface area contributed by atoms with Crippen LogP contribution in [0.1, 0.15) is 36.8 Å². The summed E-state index contributed by atoms with van der Waals surface area (Å²) in [4.78, 5) is 20.8. The van der Waals surface area contributed by atoms with E-state index in [-0.39, 0.29) is 16.2 Å². The second-order valence-electron chi connectivity index (χ2n) is 10.2. The standard InChI is InChI=1S/C30H27ClN4O3S/c1-30(2,3)20-9-13-23(14-10-20)39(37,38)35-22-12-15-25-24(17-22)27(19-7-5-4-6-8-19)28(33-25)29(36)34-26-16-11-21(31)18-32-26/h4-18,33,35H,1-3H3,(H,32,34,36). The molecule has 0 saturated carbocycles. The molecule has 39 heavy (non-hydrogen) atoms. The highest BCUT2D eigenvalue weighted by Crippen LogP contribution is 2.35. The van der Waals surface area contributed by atoms with Gasteiger partial charge in [0.2, 0.25) is 0 Å². The molecule has 0 saturated heterocycles. The Balaban J connectivity index is 1.53. The van der Waals surface area contributed by atoms with E-state index in [1.807, 2.05) is 42.5 Å². The monoisotopic (exact) mass is 558 g/mol. The molecule has 0 aliphatic rings. The molecule has 0 radical (unpaired) electrons. The summed E-state index contributed by atoms with van der Waals surface area (Å²) in [6.07, 6.45) is 1.45. The van der Waals surface area contributed by atoms with Crippen LogP contribution in [0, 0.1) is 0 Å². The third kappa shape index (κ3) is 5.67. The Morgan fingerprint density at radius 3 is 2.28 bits per heavy atom. The molecule has 0 unspecified atom stereocenters. The molecular weight excluding hydrogens is 532 g/mol. The Morgan fingerprint density at radius 2 is 1.64 bits per heavy atom. The van der Waals surface area contributed by atoms with Gasteiger partial charge in [0.1, 0.15) is 11.5 Å². The quantitative estimate of drug-likeness (QED) is 0.204. The first-order chi connectivity index (χ1) is 18.5. The SMILES string of the molecule is CC(C)(C)c1ccc(S(=O)(=O)Nc2ccc3[nH]c(C(=O)Nc4ccc(Cl)cn4)c(-c4ccccc4)c3c2)cc1. The van der Waals surface area contributed by atoms with E-state index in [0.29, 0.717) is 38.7 Å². The maximum absolute atomic E-state index is 13.3. The van der Waals surface area contributed by atoms with Gasteiger partial charge in [0, 0.05) is 28.4 Å². The van der Waals surface area contributed by atoms with Crippen molar-refractivity contribution in [3.8, 4) is 11.1 Å². The van der Waals surface area contributed by atoms with Crippen LogP contribution < -0.4 is 10.0 Å². The summed E-state index contributed by atoms with van der Waals surface area (Å²) in [6, 6.07) is 24.7. The molecule has 2 heterocycles. The number of amides is 1. The molecule has 0 aliphatic heterocycles. The molecule has 1 amide bonds. The van der Waals surface area contributed by atoms with Crippen molar-refractivity contribution in [2.75, 3.05) is 10.0 Å². The lowest BCUT2D eigenvalue weighted by molar-refractivity contribution is 0.102. The predicted octanol–water partition coefficient (Wildman–Crippen LogP) is 7.23. The van der Waals surface area contributed by atoms with E-state index in [0.717, 1.165) is 11.1 Å². The number of aromatic nitrogens is 2. The van der Waals surface area contributed by atoms with E-state index in [9.17, 15) is 13.2 Å². The number of anilines is 2. The largest absolute Gasteiger partial charge is 0.350 e. The van der Waals surface area contributed by atoms with E-state index in [1.165, 1.54) is 6.20 Å². The number of carbonyl (C=O) groups excluding carboxylic acids is 1. The van der Waals surface area contributed by atoms with Crippen molar-refractivity contribution < 1.29 is 13.2 Å². The van der Waals surface area contributed by atoms with Crippen molar-refractivity contribution in [1.82, 2.24) is 9.97 Å². The molecule has 5 rings (SSSR count). The van der Waals surface area contributed by atoms with Crippen LogP contribution in [-0.2, 0) is 15.4 Å². The van der Waals surface area contributed by atoms with Gasteiger partial charge in [-0.15, -0.1) is 0 Å². The van der Waals surface area contributed by atoms with Crippen molar-refractivity contribution in [3.63, 3.8) is 0 Å². The fourth-order valence-electron chi connectivity index (χ4n) is 4.31. The van der Waals surface area contributed by atoms with E-state index >= 15 is 0 Å². The zero-order chi connectivity index (χ0) is 27.8. The summed E-state index contributed by atoms with van der Waals surface area (Å²) in [5.41, 5.74) is 3.79. The van der Waals surface area contributed by atoms with Gasteiger partial charge in [-0.2, -0.15) is 0 Å². The third-order valence-corrected chi connectivity index (χ3v) is 7.96. The maximum Gasteiger partial charge on any atom is 0.273 e. The number of carbonyl (C=O) groups is 1. The number of nitrogens with zero attached hydrogens (tertiary/aromatic N) is 1. The van der Waals surface area contributed by atoms with Gasteiger partial charge in [0.15, 0.2) is 0 Å². The average molecular weight is 559 g/mol. The maximum atomic E-state index is 13.3. The summed E-state index contributed by atoms with van der Waals surface area (Å²) in [6.45, 7) is 6.23. The van der Waals surface area contributed by atoms with Crippen LogP contribution in [0.2, 0.25) is 5.02 Å². The third-order valence-electron chi connectivity index (χ3n) is 6.34. The van der Waals surface area contributed by atoms with Gasteiger partial charge >= 0.3 is 0 Å². The number of aromatic amines is 1. The molecular formula is C30H27ClN4O3S. The number of H-pyrrole nitrogens is 1. The Hall–Kier alpha value is -4.14. The highest BCUT2D eigenvalue weighted by molar-refractivity contribution is 7.92. The number of hydrogen-bond donors (Lipinski definition) is 3. The van der Waals surface area contributed by atoms with E-state index in [2.05, 4.69) is 40.8 Å². The normalized spacial score (nSPS) is 11.9. The summed E-state index contributed by atoms with van der Waals surface area (Å²) >= 11 is 5.92. The van der Waals surface area contributed by atoms with Gasteiger partial charge in [-0.25, -0.2) is 13.4 Å². The summed E-state index contributed by atoms with van der Waals surface area (Å²) in [7, 11) is -3.83. The number of nitrogens with one attached hydrogen (secondary N) is 3. The first-order valence-electron chi connectivity index (χ1n) is 12.3. The highest BCUT2D eigenvalue weighted by atomic mass is 35.5. The van der Waals surface area contributed by atoms with Crippen LogP contribution in [0.25, 0.3) is 22.0 Å². The fraction of sp³-hybridized carbons (Fsp3) is 0.133. The summed E-state index contributed by atoms with van der Waals surface area (Å²) < 4.78 is 29.1. The van der Waals surface area contributed by atoms with E-state index < -0.39 is 10.0 Å². The highest BCUT2D eigenvalue weighted by Gasteiger charge is 2.22. The smallest absolute Gasteiger partial charge is 0.273 e. The Labute approximate surface area is 232 Å². The van der Waals surface area contributed by atoms with Crippen molar-refractivity contribution in [3.05, 3.63) is 107 Å². The Bertz CT molecular complexity index is 1760. The van der Waals surface area contributed by atoms with Crippen molar-refractivity contribution in [2.24, 2.45) is 0 Å². The molecule has 198 valence electrons. The second kappa shape index (κ2) is 10.2. The zero-order valence-electron chi connectivity index (χ0n) is 21.6. The number of sulfonamides is 1. The fourth-order valence-corrected chi connectivity index (χ4v) is 5.47. The number of pyridine rings is 1. The Kier molecular flexibility index (Phi) is 6.92. The first-order valence-corrected chi connectivity index (χ1v) is 14.1. The predicted molar refractivity (Wildman–Crippen MR) is 157 cm³/mol. The number of rotatable bonds is 6. The molecule has 0 bridgehead atoms. The molecule has 0 fully saturated rings. The van der Waals surface area contributed by atoms with Gasteiger partial charge in [0.25, 0.3) is 15.9 Å². The van der Waals surface area contributed by atoms with E-state index in [1.54, 1.807) is 42.5 Å². The lowest BCUT2D eigenvalue weighted by Gasteiger charge is -2.19. The van der Waals surface area contributed by atoms with Crippen molar-refractivity contribution in [2.45, 2.75) is 31.1 Å². The molecule has 0 spiro atoms. The van der Waals surface area contributed by atoms with Crippen LogP contribution in [0.3, 0.4) is 0 Å². The van der Waals surface area contributed by atoms with Gasteiger partial charge < -0.3 is 10.3 Å². The lowest BCUT2D eigenvalue weighted by atomic mass is 9.87. The van der Waals surface area contributed by atoms with Crippen LogP contribution in [0.4, 0.5) is 11.5 Å². The molecule has 9 heteroatoms. The van der Waals surface area contributed by atoms with Crippen LogP contribution in [-0.4, -0.2) is 24.3 Å². The molecule has 3 aromatic carbocycles. The lowest BCUT2D eigenvalue weighted by Crippen LogP contribution is -2.14. The van der Waals surface area contributed by atoms with Crippen LogP contribution >= 0.6 is 11.6 Å². The van der Waals surface area contributed by atoms with Gasteiger partial charge in [0.05, 0.1) is 9.92 Å². The topological polar surface area (TPSA) is 104 Å². The van der Waals surface area contributed by atoms with Crippen LogP contribution in [0.5, 0.6) is 0 Å². The second-order valence-corrected chi connectivity index (χ2v) is 12.3. The molecule has 2 aromatic heterocycles. The molecule has 7 nitrogen and oxygen atoms in total. The minimum Gasteiger partial charge on any atom is -0.350 e. The van der Waals surface area contributed by atoms with Gasteiger partial charge in [-0.05, 0) is 59.0 Å². The van der Waals surface area contributed by atoms with Gasteiger partial charge in [-0.1, -0.05) is 74.8 Å². The van der Waals surface area contributed by atoms with Crippen molar-refractivity contribution in [1.29, 1.82) is 0 Å². The van der Waals surface area contributed by atoms with Crippen LogP contribution in [0.15, 0.2) is 96.0 Å². The number of fused-ring (bicyclic) bond motifs is 1. The molecule has 0 atom stereocenters. The van der Waals surface area contributed by atoms with Crippen molar-refractivity contribution >= 4 is 49.9 Å². The number of hydrogen-bond acceptors (Lipinski definition) is 4. The number of halogens is 1. The zero-order valence-corrected chi connectivity index (χ0v) is 23.2. The minimum atomic E-state index is -3.83. The number of benzene rings is 3. The summed E-state index contributed by atoms with van der Waals surface area (Å²) in [5, 5.41) is 3.95. The molecule has 0 aliphatic carbocycles. The Morgan fingerprint density at radius 1 is 0.923 bits per heavy atom. The van der Waals surface area contributed by atoms with Gasteiger partial charge in [-0.3, -0.25) is 9.52 Å². The average Bonchev–Trinajstić information content (AvgIpc) is 3.29. The first kappa shape index (κ1) is 26.5. The summed E-state index contributed by atoms with van der Waals surface area (Å²) in [5.74, 6) is -0.0334. The minimum absolute atomic E-state index is 0.0868. The molecule has 3 N–H and O–H groups in total.